The minimum atomic E-state index is -0.377. The van der Waals surface area contributed by atoms with Gasteiger partial charge in [0.15, 0.2) is 0 Å². The van der Waals surface area contributed by atoms with Crippen LogP contribution < -0.4 is 4.90 Å². The lowest BCUT2D eigenvalue weighted by Gasteiger charge is -2.18. The Balaban J connectivity index is 2.24. The molecule has 1 heterocycles. The second-order valence-corrected chi connectivity index (χ2v) is 4.80. The van der Waals surface area contributed by atoms with Crippen molar-refractivity contribution in [2.45, 2.75) is 13.3 Å². The summed E-state index contributed by atoms with van der Waals surface area (Å²) in [6.45, 7) is 2.26. The van der Waals surface area contributed by atoms with Gasteiger partial charge < -0.3 is 9.64 Å². The summed E-state index contributed by atoms with van der Waals surface area (Å²) in [5, 5.41) is 0.632. The molecule has 0 N–H and O–H groups in total. The molecule has 1 aromatic carbocycles. The molecule has 0 spiro atoms. The number of benzene rings is 1. The van der Waals surface area contributed by atoms with Crippen LogP contribution in [0.3, 0.4) is 0 Å². The maximum atomic E-state index is 11.9. The minimum absolute atomic E-state index is 0.0594. The van der Waals surface area contributed by atoms with Crippen LogP contribution >= 0.6 is 11.6 Å². The molecule has 0 radical (unpaired) electrons. The van der Waals surface area contributed by atoms with Crippen molar-refractivity contribution < 1.29 is 14.3 Å². The number of ether oxygens (including phenoxy) is 1. The van der Waals surface area contributed by atoms with Crippen molar-refractivity contribution in [2.75, 3.05) is 18.6 Å². The molecule has 1 amide bonds. The van der Waals surface area contributed by atoms with E-state index in [1.165, 1.54) is 7.11 Å². The van der Waals surface area contributed by atoms with Gasteiger partial charge in [0.2, 0.25) is 5.91 Å². The van der Waals surface area contributed by atoms with E-state index in [0.717, 1.165) is 11.3 Å². The summed E-state index contributed by atoms with van der Waals surface area (Å²) in [7, 11) is 1.34. The minimum Gasteiger partial charge on any atom is -0.469 e. The topological polar surface area (TPSA) is 46.6 Å². The van der Waals surface area contributed by atoms with Crippen LogP contribution in [-0.4, -0.2) is 25.5 Å². The highest BCUT2D eigenvalue weighted by molar-refractivity contribution is 6.30. The first-order valence-corrected chi connectivity index (χ1v) is 6.05. The lowest BCUT2D eigenvalue weighted by molar-refractivity contribution is -0.145. The molecule has 1 unspecified atom stereocenters. The lowest BCUT2D eigenvalue weighted by atomic mass is 10.1. The Morgan fingerprint density at radius 1 is 1.50 bits per heavy atom. The predicted octanol–water partition coefficient (Wildman–Crippen LogP) is 2.17. The van der Waals surface area contributed by atoms with E-state index in [0.29, 0.717) is 11.6 Å². The second kappa shape index (κ2) is 4.98. The number of carbonyl (C=O) groups is 2. The zero-order chi connectivity index (χ0) is 13.3. The summed E-state index contributed by atoms with van der Waals surface area (Å²) in [6, 6.07) is 5.34. The number of hydrogen-bond donors (Lipinski definition) is 0. The number of rotatable bonds is 2. The van der Waals surface area contributed by atoms with Gasteiger partial charge in [-0.1, -0.05) is 11.6 Å². The van der Waals surface area contributed by atoms with Crippen molar-refractivity contribution in [2.24, 2.45) is 5.92 Å². The molecule has 2 rings (SSSR count). The highest BCUT2D eigenvalue weighted by Gasteiger charge is 2.36. The molecule has 0 aromatic heterocycles. The molecule has 0 aliphatic carbocycles. The fourth-order valence-corrected chi connectivity index (χ4v) is 2.41. The average Bonchev–Trinajstić information content (AvgIpc) is 2.70. The van der Waals surface area contributed by atoms with Gasteiger partial charge in [-0.25, -0.2) is 0 Å². The predicted molar refractivity (Wildman–Crippen MR) is 68.7 cm³/mol. The zero-order valence-electron chi connectivity index (χ0n) is 10.3. The molecule has 1 atom stereocenters. The first-order chi connectivity index (χ1) is 8.52. The first-order valence-electron chi connectivity index (χ1n) is 5.67. The monoisotopic (exact) mass is 267 g/mol. The number of halogens is 1. The highest BCUT2D eigenvalue weighted by Crippen LogP contribution is 2.29. The Morgan fingerprint density at radius 3 is 2.83 bits per heavy atom. The fraction of sp³-hybridized carbons (Fsp3) is 0.385. The van der Waals surface area contributed by atoms with Crippen molar-refractivity contribution in [3.8, 4) is 0 Å². The van der Waals surface area contributed by atoms with E-state index >= 15 is 0 Å². The number of hydrogen-bond acceptors (Lipinski definition) is 3. The van der Waals surface area contributed by atoms with Gasteiger partial charge in [0, 0.05) is 23.7 Å². The standard InChI is InChI=1S/C13H14ClNO3/c1-8-5-10(14)3-4-11(8)15-7-9(6-12(15)16)13(17)18-2/h3-5,9H,6-7H2,1-2H3. The third-order valence-electron chi connectivity index (χ3n) is 3.11. The van der Waals surface area contributed by atoms with Gasteiger partial charge >= 0.3 is 5.97 Å². The van der Waals surface area contributed by atoms with Crippen LogP contribution in [-0.2, 0) is 14.3 Å². The first kappa shape index (κ1) is 12.9. The number of esters is 1. The van der Waals surface area contributed by atoms with Gasteiger partial charge in [0.1, 0.15) is 0 Å². The molecule has 1 aliphatic heterocycles. The molecule has 5 heteroatoms. The molecule has 96 valence electrons. The third-order valence-corrected chi connectivity index (χ3v) is 3.34. The van der Waals surface area contributed by atoms with Crippen LogP contribution in [0.25, 0.3) is 0 Å². The zero-order valence-corrected chi connectivity index (χ0v) is 11.0. The van der Waals surface area contributed by atoms with Crippen LogP contribution in [0, 0.1) is 12.8 Å². The quantitative estimate of drug-likeness (QED) is 0.772. The smallest absolute Gasteiger partial charge is 0.311 e. The van der Waals surface area contributed by atoms with Crippen molar-refractivity contribution in [3.05, 3.63) is 28.8 Å². The van der Waals surface area contributed by atoms with Gasteiger partial charge in [-0.3, -0.25) is 9.59 Å². The number of anilines is 1. The summed E-state index contributed by atoms with van der Waals surface area (Å²) < 4.78 is 4.68. The molecule has 1 fully saturated rings. The molecule has 0 bridgehead atoms. The van der Waals surface area contributed by atoms with Crippen LogP contribution in [0.5, 0.6) is 0 Å². The SMILES string of the molecule is COC(=O)C1CC(=O)N(c2ccc(Cl)cc2C)C1. The van der Waals surface area contributed by atoms with Crippen LogP contribution in [0.4, 0.5) is 5.69 Å². The molecule has 4 nitrogen and oxygen atoms in total. The number of methoxy groups -OCH3 is 1. The Morgan fingerprint density at radius 2 is 2.22 bits per heavy atom. The number of aryl methyl sites for hydroxylation is 1. The van der Waals surface area contributed by atoms with E-state index in [2.05, 4.69) is 4.74 Å². The lowest BCUT2D eigenvalue weighted by Crippen LogP contribution is -2.26. The molecule has 1 aliphatic rings. The van der Waals surface area contributed by atoms with Crippen molar-refractivity contribution in [1.82, 2.24) is 0 Å². The van der Waals surface area contributed by atoms with Crippen molar-refractivity contribution >= 4 is 29.2 Å². The Kier molecular flexibility index (Phi) is 3.57. The van der Waals surface area contributed by atoms with E-state index in [1.807, 2.05) is 6.92 Å². The molecule has 18 heavy (non-hydrogen) atoms. The van der Waals surface area contributed by atoms with Crippen LogP contribution in [0.15, 0.2) is 18.2 Å². The van der Waals surface area contributed by atoms with Gasteiger partial charge in [-0.2, -0.15) is 0 Å². The maximum Gasteiger partial charge on any atom is 0.311 e. The van der Waals surface area contributed by atoms with Gasteiger partial charge in [-0.05, 0) is 30.7 Å². The normalized spacial score (nSPS) is 19.2. The van der Waals surface area contributed by atoms with E-state index in [1.54, 1.807) is 23.1 Å². The average molecular weight is 268 g/mol. The second-order valence-electron chi connectivity index (χ2n) is 4.36. The number of carbonyl (C=O) groups excluding carboxylic acids is 2. The van der Waals surface area contributed by atoms with E-state index in [9.17, 15) is 9.59 Å². The maximum absolute atomic E-state index is 11.9. The summed E-state index contributed by atoms with van der Waals surface area (Å²) >= 11 is 5.88. The van der Waals surface area contributed by atoms with Crippen molar-refractivity contribution in [3.63, 3.8) is 0 Å². The Labute approximate surface area is 110 Å². The number of nitrogens with zero attached hydrogens (tertiary/aromatic N) is 1. The van der Waals surface area contributed by atoms with Crippen molar-refractivity contribution in [1.29, 1.82) is 0 Å². The Bertz CT molecular complexity index is 501. The number of amides is 1. The van der Waals surface area contributed by atoms with Gasteiger partial charge in [-0.15, -0.1) is 0 Å². The molecule has 1 saturated heterocycles. The van der Waals surface area contributed by atoms with E-state index in [-0.39, 0.29) is 24.2 Å². The Hall–Kier alpha value is -1.55. The summed E-state index contributed by atoms with van der Waals surface area (Å²) in [4.78, 5) is 25.0. The molecule has 0 saturated carbocycles. The van der Waals surface area contributed by atoms with E-state index < -0.39 is 0 Å². The summed E-state index contributed by atoms with van der Waals surface area (Å²) in [5.74, 6) is -0.772. The summed E-state index contributed by atoms with van der Waals surface area (Å²) in [6.07, 6.45) is 0.203. The summed E-state index contributed by atoms with van der Waals surface area (Å²) in [5.41, 5.74) is 1.72. The van der Waals surface area contributed by atoms with E-state index in [4.69, 9.17) is 11.6 Å². The van der Waals surface area contributed by atoms with Gasteiger partial charge in [0.25, 0.3) is 0 Å². The molecular weight excluding hydrogens is 254 g/mol. The van der Waals surface area contributed by atoms with Crippen LogP contribution in [0.1, 0.15) is 12.0 Å². The molecular formula is C13H14ClNO3. The fourth-order valence-electron chi connectivity index (χ4n) is 2.19. The molecule has 1 aromatic rings. The van der Waals surface area contributed by atoms with Gasteiger partial charge in [0.05, 0.1) is 13.0 Å². The van der Waals surface area contributed by atoms with Crippen LogP contribution in [0.2, 0.25) is 5.02 Å². The third kappa shape index (κ3) is 2.34. The highest BCUT2D eigenvalue weighted by atomic mass is 35.5. The largest absolute Gasteiger partial charge is 0.469 e.